The Balaban J connectivity index is 1.07. The molecule has 8 rings (SSSR count). The first-order chi connectivity index (χ1) is 26.9. The van der Waals surface area contributed by atoms with Gasteiger partial charge in [0.1, 0.15) is 28.7 Å². The number of aromatic amines is 2. The Hall–Kier alpha value is -5.64. The van der Waals surface area contributed by atoms with Crippen LogP contribution in [0.4, 0.5) is 4.79 Å². The van der Waals surface area contributed by atoms with E-state index < -0.39 is 18.2 Å². The molecule has 2 aromatic carbocycles. The van der Waals surface area contributed by atoms with Gasteiger partial charge in [0, 0.05) is 25.4 Å². The number of imidazole rings is 2. The number of fused-ring (bicyclic) bond motifs is 6. The highest BCUT2D eigenvalue weighted by Crippen LogP contribution is 2.39. The Morgan fingerprint density at radius 1 is 0.732 bits per heavy atom. The number of thiazole rings is 1. The molecule has 4 N–H and O–H groups in total. The molecular weight excluding hydrogens is 733 g/mol. The van der Waals surface area contributed by atoms with E-state index in [9.17, 15) is 19.2 Å². The van der Waals surface area contributed by atoms with E-state index in [0.29, 0.717) is 18.9 Å². The smallest absolute Gasteiger partial charge is 0.407 e. The molecule has 6 aromatic rings. The number of amides is 4. The number of benzene rings is 2. The molecule has 56 heavy (non-hydrogen) atoms. The molecule has 15 nitrogen and oxygen atoms in total. The van der Waals surface area contributed by atoms with E-state index in [-0.39, 0.29) is 41.6 Å². The van der Waals surface area contributed by atoms with Crippen LogP contribution in [0, 0.1) is 11.8 Å². The number of hydrogen-bond acceptors (Lipinski definition) is 10. The molecule has 2 aliphatic rings. The number of nitrogens with zero attached hydrogens (tertiary/aromatic N) is 6. The van der Waals surface area contributed by atoms with Crippen LogP contribution in [0.1, 0.15) is 84.0 Å². The molecule has 4 aromatic heterocycles. The minimum atomic E-state index is -0.710. The lowest BCUT2D eigenvalue weighted by Crippen LogP contribution is -2.51. The minimum Gasteiger partial charge on any atom is -0.453 e. The largest absolute Gasteiger partial charge is 0.453 e. The van der Waals surface area contributed by atoms with Crippen molar-refractivity contribution in [2.75, 3.05) is 20.2 Å². The van der Waals surface area contributed by atoms with E-state index >= 15 is 0 Å². The maximum Gasteiger partial charge on any atom is 0.407 e. The lowest BCUT2D eigenvalue weighted by Gasteiger charge is -2.30. The van der Waals surface area contributed by atoms with E-state index in [4.69, 9.17) is 24.7 Å². The van der Waals surface area contributed by atoms with Gasteiger partial charge in [0.05, 0.1) is 62.7 Å². The van der Waals surface area contributed by atoms with Crippen LogP contribution < -0.4 is 10.6 Å². The van der Waals surface area contributed by atoms with Crippen LogP contribution in [0.25, 0.3) is 53.9 Å². The molecule has 2 fully saturated rings. The Morgan fingerprint density at radius 2 is 1.29 bits per heavy atom. The fraction of sp³-hybridized carbons (Fsp3) is 0.450. The molecule has 0 bridgehead atoms. The Bertz CT molecular complexity index is 2500. The summed E-state index contributed by atoms with van der Waals surface area (Å²) in [6.07, 6.45) is 2.58. The zero-order chi connectivity index (χ0) is 39.4. The van der Waals surface area contributed by atoms with E-state index in [1.165, 1.54) is 25.4 Å². The summed E-state index contributed by atoms with van der Waals surface area (Å²) in [6, 6.07) is 10.0. The standard InChI is InChI=1S/C40H46N10O5S/c1-19(2)30(41-21(5)51)38(52)49-17-8-10-29(49)36-44-25-15-16-26-34(33(25)47-36)56-37(45-26)27-12-11-22-23(42-27)13-14-24-32(22)46-35(43-24)28-9-7-18-50(28)39(53)31(20(3)4)48-40(54)55-6/h11-16,19-20,28-31H,7-10,17-18H2,1-6H3,(H,41,51)(H,43,46)(H,44,47)(H,48,54)/t28-,29-,30-,31-/m0/s1. The summed E-state index contributed by atoms with van der Waals surface area (Å²) < 4.78 is 5.74. The molecule has 2 saturated heterocycles. The zero-order valence-corrected chi connectivity index (χ0v) is 33.1. The molecule has 4 atom stereocenters. The van der Waals surface area contributed by atoms with Crippen LogP contribution in [0.3, 0.4) is 0 Å². The van der Waals surface area contributed by atoms with E-state index in [0.717, 1.165) is 85.4 Å². The van der Waals surface area contributed by atoms with Crippen LogP contribution in [-0.2, 0) is 19.1 Å². The van der Waals surface area contributed by atoms with Crippen molar-refractivity contribution in [3.63, 3.8) is 0 Å². The highest BCUT2D eigenvalue weighted by Gasteiger charge is 2.39. The summed E-state index contributed by atoms with van der Waals surface area (Å²) >= 11 is 1.54. The molecule has 6 heterocycles. The number of carbonyl (C=O) groups excluding carboxylic acids is 4. The first-order valence-electron chi connectivity index (χ1n) is 19.2. The highest BCUT2D eigenvalue weighted by molar-refractivity contribution is 7.22. The van der Waals surface area contributed by atoms with Crippen LogP contribution in [-0.4, -0.2) is 95.8 Å². The van der Waals surface area contributed by atoms with Gasteiger partial charge in [0.25, 0.3) is 0 Å². The number of carbonyl (C=O) groups is 4. The van der Waals surface area contributed by atoms with Crippen LogP contribution in [0.2, 0.25) is 0 Å². The van der Waals surface area contributed by atoms with Gasteiger partial charge in [0.2, 0.25) is 17.7 Å². The minimum absolute atomic E-state index is 0.0488. The van der Waals surface area contributed by atoms with Gasteiger partial charge >= 0.3 is 6.09 Å². The number of alkyl carbamates (subject to hydrolysis) is 1. The van der Waals surface area contributed by atoms with Crippen molar-refractivity contribution in [3.8, 4) is 10.7 Å². The van der Waals surface area contributed by atoms with Crippen molar-refractivity contribution in [1.82, 2.24) is 50.3 Å². The molecule has 0 unspecified atom stereocenters. The molecule has 4 amide bonds. The van der Waals surface area contributed by atoms with Crippen molar-refractivity contribution in [2.45, 2.75) is 84.5 Å². The monoisotopic (exact) mass is 778 g/mol. The predicted octanol–water partition coefficient (Wildman–Crippen LogP) is 6.13. The number of rotatable bonds is 9. The molecular formula is C40H46N10O5S. The molecule has 292 valence electrons. The molecule has 16 heteroatoms. The normalized spacial score (nSPS) is 18.5. The third-order valence-electron chi connectivity index (χ3n) is 11.0. The SMILES string of the molecule is COC(=O)N[C@H](C(=O)N1CCC[C@H]1c1nc2ccc3nc(-c4nc5ccc6nc([C@@H]7CCCN7C(=O)[C@@H](NC(C)=O)C(C)C)[nH]c6c5s4)ccc3c2[nH]1)C(C)C. The number of methoxy groups -OCH3 is 1. The van der Waals surface area contributed by atoms with Gasteiger partial charge in [-0.1, -0.05) is 27.7 Å². The lowest BCUT2D eigenvalue weighted by molar-refractivity contribution is -0.138. The number of pyridine rings is 1. The second-order valence-electron chi connectivity index (χ2n) is 15.5. The van der Waals surface area contributed by atoms with Crippen LogP contribution in [0.5, 0.6) is 0 Å². The Morgan fingerprint density at radius 3 is 1.88 bits per heavy atom. The molecule has 0 saturated carbocycles. The first kappa shape index (κ1) is 37.3. The third kappa shape index (κ3) is 6.69. The first-order valence-corrected chi connectivity index (χ1v) is 20.0. The van der Waals surface area contributed by atoms with Crippen molar-refractivity contribution in [3.05, 3.63) is 48.0 Å². The second kappa shape index (κ2) is 14.8. The Labute approximate surface area is 327 Å². The summed E-state index contributed by atoms with van der Waals surface area (Å²) in [6.45, 7) is 10.3. The molecule has 0 spiro atoms. The average molecular weight is 779 g/mol. The van der Waals surface area contributed by atoms with Gasteiger partial charge in [-0.2, -0.15) is 0 Å². The van der Waals surface area contributed by atoms with E-state index in [1.807, 2.05) is 73.9 Å². The number of aromatic nitrogens is 6. The number of H-pyrrole nitrogens is 2. The Kier molecular flexibility index (Phi) is 9.85. The summed E-state index contributed by atoms with van der Waals surface area (Å²) in [7, 11) is 1.29. The van der Waals surface area contributed by atoms with Gasteiger partial charge < -0.3 is 35.1 Å². The topological polar surface area (TPSA) is 191 Å². The number of ether oxygens (including phenoxy) is 1. The average Bonchev–Trinajstić information content (AvgIpc) is 4.02. The van der Waals surface area contributed by atoms with Crippen LogP contribution in [0.15, 0.2) is 36.4 Å². The molecule has 0 radical (unpaired) electrons. The number of nitrogens with one attached hydrogen (secondary N) is 4. The molecule has 0 aliphatic carbocycles. The predicted molar refractivity (Wildman–Crippen MR) is 214 cm³/mol. The maximum atomic E-state index is 13.7. The summed E-state index contributed by atoms with van der Waals surface area (Å²) in [4.78, 5) is 81.9. The van der Waals surface area contributed by atoms with Crippen molar-refractivity contribution in [2.24, 2.45) is 11.8 Å². The quantitative estimate of drug-likeness (QED) is 0.134. The van der Waals surface area contributed by atoms with Gasteiger partial charge in [-0.25, -0.2) is 24.7 Å². The lowest BCUT2D eigenvalue weighted by atomic mass is 10.0. The summed E-state index contributed by atoms with van der Waals surface area (Å²) in [5, 5.41) is 7.22. The maximum absolute atomic E-state index is 13.7. The van der Waals surface area contributed by atoms with Gasteiger partial charge in [0.15, 0.2) is 0 Å². The number of likely N-dealkylation sites (tertiary alicyclic amines) is 2. The van der Waals surface area contributed by atoms with Crippen molar-refractivity contribution in [1.29, 1.82) is 0 Å². The zero-order valence-electron chi connectivity index (χ0n) is 32.3. The van der Waals surface area contributed by atoms with E-state index in [1.54, 1.807) is 0 Å². The molecule has 2 aliphatic heterocycles. The fourth-order valence-electron chi connectivity index (χ4n) is 8.15. The van der Waals surface area contributed by atoms with E-state index in [2.05, 4.69) is 20.6 Å². The van der Waals surface area contributed by atoms with Gasteiger partial charge in [-0.3, -0.25) is 14.4 Å². The van der Waals surface area contributed by atoms with Crippen LogP contribution >= 0.6 is 11.3 Å². The highest BCUT2D eigenvalue weighted by atomic mass is 32.1. The second-order valence-corrected chi connectivity index (χ2v) is 16.5. The van der Waals surface area contributed by atoms with Gasteiger partial charge in [-0.15, -0.1) is 11.3 Å². The van der Waals surface area contributed by atoms with Crippen molar-refractivity contribution >= 4 is 78.3 Å². The summed E-state index contributed by atoms with van der Waals surface area (Å²) in [5.41, 5.74) is 5.64. The van der Waals surface area contributed by atoms with Crippen molar-refractivity contribution < 1.29 is 23.9 Å². The van der Waals surface area contributed by atoms with Gasteiger partial charge in [-0.05, 0) is 73.9 Å². The fourth-order valence-corrected chi connectivity index (χ4v) is 9.18. The third-order valence-corrected chi connectivity index (χ3v) is 12.1. The number of hydrogen-bond donors (Lipinski definition) is 4. The summed E-state index contributed by atoms with van der Waals surface area (Å²) in [5.74, 6) is 0.795.